The number of hydrogen-bond acceptors (Lipinski definition) is 2. The summed E-state index contributed by atoms with van der Waals surface area (Å²) in [6, 6.07) is 5.62. The van der Waals surface area contributed by atoms with E-state index in [1.807, 2.05) is 24.4 Å². The Morgan fingerprint density at radius 3 is 2.93 bits per heavy atom. The summed E-state index contributed by atoms with van der Waals surface area (Å²) in [6.45, 7) is 0. The zero-order valence-electron chi connectivity index (χ0n) is 7.58. The molecule has 0 saturated heterocycles. The molecule has 0 aliphatic rings. The molecule has 3 aromatic rings. The van der Waals surface area contributed by atoms with Crippen molar-refractivity contribution in [2.75, 3.05) is 0 Å². The van der Waals surface area contributed by atoms with E-state index >= 15 is 0 Å². The average Bonchev–Trinajstić information content (AvgIpc) is 2.79. The number of carbonyl (C=O) groups excluding carboxylic acids is 1. The van der Waals surface area contributed by atoms with Crippen LogP contribution in [0.5, 0.6) is 0 Å². The minimum Gasteiger partial charge on any atom is -0.443 e. The Kier molecular flexibility index (Phi) is 1.64. The maximum absolute atomic E-state index is 10.8. The van der Waals surface area contributed by atoms with Gasteiger partial charge in [0.2, 0.25) is 5.22 Å². The Labute approximate surface area is 89.6 Å². The standard InChI is InChI=1S/C11H6ClNO2/c12-11-8(5-14)6-1-2-9-7(3-4-13-9)10(6)15-11/h1-5,13H. The number of furan rings is 1. The van der Waals surface area contributed by atoms with Crippen molar-refractivity contribution in [3.8, 4) is 0 Å². The highest BCUT2D eigenvalue weighted by atomic mass is 35.5. The largest absolute Gasteiger partial charge is 0.443 e. The highest BCUT2D eigenvalue weighted by Gasteiger charge is 2.14. The number of rotatable bonds is 1. The van der Waals surface area contributed by atoms with Gasteiger partial charge in [-0.15, -0.1) is 0 Å². The first-order valence-corrected chi connectivity index (χ1v) is 4.82. The fourth-order valence-electron chi connectivity index (χ4n) is 1.79. The summed E-state index contributed by atoms with van der Waals surface area (Å²) < 4.78 is 5.38. The van der Waals surface area contributed by atoms with Crippen molar-refractivity contribution < 1.29 is 9.21 Å². The molecule has 0 amide bonds. The summed E-state index contributed by atoms with van der Waals surface area (Å²) in [5, 5.41) is 1.83. The van der Waals surface area contributed by atoms with Gasteiger partial charge in [-0.25, -0.2) is 0 Å². The van der Waals surface area contributed by atoms with Gasteiger partial charge in [0.25, 0.3) is 0 Å². The van der Waals surface area contributed by atoms with Crippen LogP contribution in [0, 0.1) is 0 Å². The fourth-order valence-corrected chi connectivity index (χ4v) is 2.01. The molecule has 4 heteroatoms. The molecular weight excluding hydrogens is 214 g/mol. The van der Waals surface area contributed by atoms with Crippen molar-refractivity contribution in [3.05, 3.63) is 35.2 Å². The van der Waals surface area contributed by atoms with Gasteiger partial charge in [0.1, 0.15) is 5.58 Å². The summed E-state index contributed by atoms with van der Waals surface area (Å²) in [5.74, 6) is 0. The second-order valence-electron chi connectivity index (χ2n) is 3.29. The molecule has 0 radical (unpaired) electrons. The van der Waals surface area contributed by atoms with Crippen molar-refractivity contribution in [2.24, 2.45) is 0 Å². The normalized spacial score (nSPS) is 11.3. The number of aromatic amines is 1. The van der Waals surface area contributed by atoms with E-state index in [4.69, 9.17) is 16.0 Å². The molecule has 2 heterocycles. The topological polar surface area (TPSA) is 46.0 Å². The Morgan fingerprint density at radius 1 is 1.27 bits per heavy atom. The highest BCUT2D eigenvalue weighted by molar-refractivity contribution is 6.33. The SMILES string of the molecule is O=Cc1c(Cl)oc2c1ccc1[nH]ccc12. The van der Waals surface area contributed by atoms with Crippen LogP contribution in [0.25, 0.3) is 21.9 Å². The Morgan fingerprint density at radius 2 is 2.13 bits per heavy atom. The average molecular weight is 220 g/mol. The van der Waals surface area contributed by atoms with Gasteiger partial charge in [0, 0.05) is 22.5 Å². The fraction of sp³-hybridized carbons (Fsp3) is 0. The van der Waals surface area contributed by atoms with E-state index in [1.165, 1.54) is 0 Å². The first-order valence-electron chi connectivity index (χ1n) is 4.44. The Hall–Kier alpha value is -1.74. The Bertz CT molecular complexity index is 666. The van der Waals surface area contributed by atoms with Gasteiger partial charge in [0.05, 0.1) is 5.56 Å². The van der Waals surface area contributed by atoms with E-state index in [1.54, 1.807) is 0 Å². The van der Waals surface area contributed by atoms with E-state index in [0.717, 1.165) is 16.3 Å². The number of hydrogen-bond donors (Lipinski definition) is 1. The molecule has 0 atom stereocenters. The van der Waals surface area contributed by atoms with Crippen molar-refractivity contribution in [2.45, 2.75) is 0 Å². The number of nitrogens with one attached hydrogen (secondary N) is 1. The van der Waals surface area contributed by atoms with E-state index < -0.39 is 0 Å². The molecule has 0 aliphatic carbocycles. The summed E-state index contributed by atoms with van der Waals surface area (Å²) >= 11 is 5.83. The van der Waals surface area contributed by atoms with Gasteiger partial charge < -0.3 is 9.40 Å². The molecular formula is C11H6ClNO2. The number of H-pyrrole nitrogens is 1. The molecule has 2 aromatic heterocycles. The number of carbonyl (C=O) groups is 1. The lowest BCUT2D eigenvalue weighted by Crippen LogP contribution is -1.76. The quantitative estimate of drug-likeness (QED) is 0.638. The molecule has 0 bridgehead atoms. The third-order valence-electron chi connectivity index (χ3n) is 2.50. The monoisotopic (exact) mass is 219 g/mol. The molecule has 1 N–H and O–H groups in total. The second-order valence-corrected chi connectivity index (χ2v) is 3.63. The van der Waals surface area contributed by atoms with Gasteiger partial charge >= 0.3 is 0 Å². The van der Waals surface area contributed by atoms with Crippen LogP contribution in [0.15, 0.2) is 28.8 Å². The van der Waals surface area contributed by atoms with Crippen LogP contribution < -0.4 is 0 Å². The van der Waals surface area contributed by atoms with Crippen LogP contribution >= 0.6 is 11.6 Å². The minimum absolute atomic E-state index is 0.147. The first kappa shape index (κ1) is 8.56. The van der Waals surface area contributed by atoms with Crippen LogP contribution in [-0.2, 0) is 0 Å². The van der Waals surface area contributed by atoms with E-state index in [9.17, 15) is 4.79 Å². The molecule has 74 valence electrons. The highest BCUT2D eigenvalue weighted by Crippen LogP contribution is 2.33. The number of aromatic nitrogens is 1. The maximum Gasteiger partial charge on any atom is 0.205 e. The number of aldehydes is 1. The van der Waals surface area contributed by atoms with Gasteiger partial charge in [0.15, 0.2) is 6.29 Å². The van der Waals surface area contributed by atoms with Crippen molar-refractivity contribution >= 4 is 39.8 Å². The van der Waals surface area contributed by atoms with Crippen molar-refractivity contribution in [1.29, 1.82) is 0 Å². The third-order valence-corrected chi connectivity index (χ3v) is 2.78. The van der Waals surface area contributed by atoms with Crippen molar-refractivity contribution in [1.82, 2.24) is 4.98 Å². The van der Waals surface area contributed by atoms with E-state index in [0.29, 0.717) is 17.4 Å². The van der Waals surface area contributed by atoms with E-state index in [2.05, 4.69) is 4.98 Å². The maximum atomic E-state index is 10.8. The molecule has 0 aliphatic heterocycles. The van der Waals surface area contributed by atoms with Crippen LogP contribution in [-0.4, -0.2) is 11.3 Å². The van der Waals surface area contributed by atoms with Gasteiger partial charge in [-0.1, -0.05) is 0 Å². The van der Waals surface area contributed by atoms with Crippen LogP contribution in [0.3, 0.4) is 0 Å². The Balaban J connectivity index is 2.59. The molecule has 3 rings (SSSR count). The number of benzene rings is 1. The van der Waals surface area contributed by atoms with Gasteiger partial charge in [-0.3, -0.25) is 4.79 Å². The molecule has 0 fully saturated rings. The summed E-state index contributed by atoms with van der Waals surface area (Å²) in [6.07, 6.45) is 2.54. The molecule has 0 saturated carbocycles. The third kappa shape index (κ3) is 1.04. The lowest BCUT2D eigenvalue weighted by molar-refractivity contribution is 0.112. The van der Waals surface area contributed by atoms with Crippen molar-refractivity contribution in [3.63, 3.8) is 0 Å². The van der Waals surface area contributed by atoms with E-state index in [-0.39, 0.29) is 5.22 Å². The lowest BCUT2D eigenvalue weighted by Gasteiger charge is -1.90. The summed E-state index contributed by atoms with van der Waals surface area (Å²) in [4.78, 5) is 13.9. The van der Waals surface area contributed by atoms with Crippen LogP contribution in [0.1, 0.15) is 10.4 Å². The molecule has 1 aromatic carbocycles. The zero-order chi connectivity index (χ0) is 10.4. The van der Waals surface area contributed by atoms with Gasteiger partial charge in [-0.05, 0) is 29.8 Å². The van der Waals surface area contributed by atoms with Crippen LogP contribution in [0.4, 0.5) is 0 Å². The number of halogens is 1. The van der Waals surface area contributed by atoms with Crippen LogP contribution in [0.2, 0.25) is 5.22 Å². The van der Waals surface area contributed by atoms with Gasteiger partial charge in [-0.2, -0.15) is 0 Å². The first-order chi connectivity index (χ1) is 7.31. The summed E-state index contributed by atoms with van der Waals surface area (Å²) in [7, 11) is 0. The second kappa shape index (κ2) is 2.87. The molecule has 3 nitrogen and oxygen atoms in total. The summed E-state index contributed by atoms with van der Waals surface area (Å²) in [5.41, 5.74) is 2.03. The minimum atomic E-state index is 0.147. The predicted molar refractivity (Wildman–Crippen MR) is 58.5 cm³/mol. The number of fused-ring (bicyclic) bond motifs is 3. The molecule has 15 heavy (non-hydrogen) atoms. The smallest absolute Gasteiger partial charge is 0.205 e. The zero-order valence-corrected chi connectivity index (χ0v) is 8.34. The molecule has 0 unspecified atom stereocenters. The molecule has 0 spiro atoms. The predicted octanol–water partition coefficient (Wildman–Crippen LogP) is 3.38. The lowest BCUT2D eigenvalue weighted by atomic mass is 10.1.